The Labute approximate surface area is 136 Å². The minimum Gasteiger partial charge on any atom is -0.462 e. The number of ether oxygens (including phenoxy) is 3. The van der Waals surface area contributed by atoms with Gasteiger partial charge in [0.15, 0.2) is 6.23 Å². The molecular formula is C17H23NO5. The number of hydrogen-bond donors (Lipinski definition) is 0. The molecule has 2 atom stereocenters. The maximum atomic E-state index is 11.2. The second-order valence-electron chi connectivity index (χ2n) is 6.40. The molecule has 23 heavy (non-hydrogen) atoms. The first-order chi connectivity index (χ1) is 10.9. The third-order valence-electron chi connectivity index (χ3n) is 3.34. The van der Waals surface area contributed by atoms with E-state index in [1.165, 1.54) is 0 Å². The second-order valence-corrected chi connectivity index (χ2v) is 6.40. The van der Waals surface area contributed by atoms with E-state index < -0.39 is 0 Å². The van der Waals surface area contributed by atoms with Gasteiger partial charge in [0.2, 0.25) is 0 Å². The molecule has 6 heteroatoms. The van der Waals surface area contributed by atoms with Crippen LogP contribution in [-0.2, 0) is 30.4 Å². The summed E-state index contributed by atoms with van der Waals surface area (Å²) in [6.07, 6.45) is -0.0109. The highest BCUT2D eigenvalue weighted by Crippen LogP contribution is 2.34. The molecule has 1 aromatic rings. The Kier molecular flexibility index (Phi) is 5.74. The molecule has 126 valence electrons. The smallest absolute Gasteiger partial charge is 0.293 e. The molecule has 6 nitrogen and oxygen atoms in total. The highest BCUT2D eigenvalue weighted by Gasteiger charge is 2.56. The van der Waals surface area contributed by atoms with Crippen molar-refractivity contribution in [2.75, 3.05) is 13.2 Å². The minimum absolute atomic E-state index is 0.0109. The van der Waals surface area contributed by atoms with Crippen molar-refractivity contribution in [2.45, 2.75) is 45.2 Å². The third kappa shape index (κ3) is 5.33. The average Bonchev–Trinajstić information content (AvgIpc) is 3.05. The first-order valence-electron chi connectivity index (χ1n) is 7.58. The van der Waals surface area contributed by atoms with E-state index in [4.69, 9.17) is 9.47 Å². The molecule has 0 bridgehead atoms. The number of fused-ring (bicyclic) bond motifs is 1. The Hall–Kier alpha value is -1.92. The van der Waals surface area contributed by atoms with Gasteiger partial charge in [0.1, 0.15) is 18.2 Å². The van der Waals surface area contributed by atoms with Crippen LogP contribution in [0.5, 0.6) is 0 Å². The van der Waals surface area contributed by atoms with Crippen LogP contribution in [0.2, 0.25) is 0 Å². The van der Waals surface area contributed by atoms with Crippen LogP contribution in [0.3, 0.4) is 0 Å². The molecule has 3 rings (SSSR count). The lowest BCUT2D eigenvalue weighted by molar-refractivity contribution is -0.138. The van der Waals surface area contributed by atoms with Crippen molar-refractivity contribution >= 4 is 12.4 Å². The van der Waals surface area contributed by atoms with E-state index >= 15 is 0 Å². The van der Waals surface area contributed by atoms with Gasteiger partial charge in [-0.2, -0.15) is 0 Å². The molecule has 0 N–H and O–H groups in total. The number of hydrogen-bond acceptors (Lipinski definition) is 5. The Bertz CT molecular complexity index is 526. The fourth-order valence-corrected chi connectivity index (χ4v) is 2.18. The van der Waals surface area contributed by atoms with Crippen LogP contribution in [0.25, 0.3) is 0 Å². The van der Waals surface area contributed by atoms with E-state index in [2.05, 4.69) is 4.74 Å². The van der Waals surface area contributed by atoms with Crippen LogP contribution in [0.15, 0.2) is 30.3 Å². The Balaban J connectivity index is 0.000000236. The normalized spacial score (nSPS) is 22.0. The number of nitrogens with zero attached hydrogens (tertiary/aromatic N) is 1. The van der Waals surface area contributed by atoms with Gasteiger partial charge in [-0.25, -0.2) is 0 Å². The van der Waals surface area contributed by atoms with Crippen molar-refractivity contribution in [3.8, 4) is 0 Å². The monoisotopic (exact) mass is 321 g/mol. The van der Waals surface area contributed by atoms with Gasteiger partial charge in [0.05, 0.1) is 13.2 Å². The van der Waals surface area contributed by atoms with E-state index in [9.17, 15) is 9.59 Å². The Morgan fingerprint density at radius 3 is 2.48 bits per heavy atom. The van der Waals surface area contributed by atoms with Crippen molar-refractivity contribution in [3.63, 3.8) is 0 Å². The molecule has 2 aliphatic heterocycles. The summed E-state index contributed by atoms with van der Waals surface area (Å²) >= 11 is 0. The van der Waals surface area contributed by atoms with Crippen molar-refractivity contribution in [2.24, 2.45) is 0 Å². The summed E-state index contributed by atoms with van der Waals surface area (Å²) < 4.78 is 15.4. The highest BCUT2D eigenvalue weighted by atomic mass is 16.6. The number of amides is 1. The highest BCUT2D eigenvalue weighted by molar-refractivity contribution is 5.82. The topological polar surface area (TPSA) is 64.8 Å². The summed E-state index contributed by atoms with van der Waals surface area (Å²) in [5.74, 6) is 0.0818. The third-order valence-corrected chi connectivity index (χ3v) is 3.34. The van der Waals surface area contributed by atoms with Gasteiger partial charge in [-0.05, 0) is 26.3 Å². The van der Waals surface area contributed by atoms with Gasteiger partial charge >= 0.3 is 0 Å². The zero-order chi connectivity index (χ0) is 16.9. The lowest BCUT2D eigenvalue weighted by Gasteiger charge is -2.14. The molecule has 2 unspecified atom stereocenters. The molecule has 0 aromatic heterocycles. The van der Waals surface area contributed by atoms with Gasteiger partial charge in [0, 0.05) is 0 Å². The summed E-state index contributed by atoms with van der Waals surface area (Å²) in [4.78, 5) is 22.5. The number of carbonyl (C=O) groups is 2. The molecule has 1 amide bonds. The van der Waals surface area contributed by atoms with Gasteiger partial charge in [-0.1, -0.05) is 30.3 Å². The zero-order valence-corrected chi connectivity index (χ0v) is 13.7. The lowest BCUT2D eigenvalue weighted by atomic mass is 10.2. The van der Waals surface area contributed by atoms with E-state index in [-0.39, 0.29) is 30.4 Å². The van der Waals surface area contributed by atoms with Crippen molar-refractivity contribution in [3.05, 3.63) is 35.9 Å². The quantitative estimate of drug-likeness (QED) is 0.610. The lowest BCUT2D eigenvalue weighted by Crippen LogP contribution is -2.19. The fourth-order valence-electron chi connectivity index (χ4n) is 2.18. The molecule has 1 aromatic carbocycles. The standard InChI is InChI=1S/C12H13NO3.C5H10O2/c14-11-8-16-12-10(13(11)12)7-15-6-9-4-2-1-3-5-9;1-5(2,3)7-4-6/h1-5,10,12H,6-8H2;4H,1-3H3. The zero-order valence-electron chi connectivity index (χ0n) is 13.7. The second kappa shape index (κ2) is 7.57. The molecular weight excluding hydrogens is 298 g/mol. The van der Waals surface area contributed by atoms with Crippen molar-refractivity contribution in [1.82, 2.24) is 4.90 Å². The van der Waals surface area contributed by atoms with Crippen LogP contribution >= 0.6 is 0 Å². The van der Waals surface area contributed by atoms with Crippen LogP contribution < -0.4 is 0 Å². The molecule has 0 saturated carbocycles. The molecule has 2 saturated heterocycles. The van der Waals surface area contributed by atoms with E-state index in [1.54, 1.807) is 4.90 Å². The summed E-state index contributed by atoms with van der Waals surface area (Å²) in [5.41, 5.74) is 0.831. The summed E-state index contributed by atoms with van der Waals surface area (Å²) in [6.45, 7) is 7.31. The van der Waals surface area contributed by atoms with Crippen LogP contribution in [0.4, 0.5) is 0 Å². The maximum Gasteiger partial charge on any atom is 0.293 e. The van der Waals surface area contributed by atoms with Gasteiger partial charge in [-0.15, -0.1) is 0 Å². The first kappa shape index (κ1) is 17.4. The average molecular weight is 321 g/mol. The van der Waals surface area contributed by atoms with Gasteiger partial charge in [-0.3, -0.25) is 9.59 Å². The predicted molar refractivity (Wildman–Crippen MR) is 83.4 cm³/mol. The molecule has 0 aliphatic carbocycles. The Morgan fingerprint density at radius 1 is 1.30 bits per heavy atom. The predicted octanol–water partition coefficient (Wildman–Crippen LogP) is 1.73. The maximum absolute atomic E-state index is 11.2. The number of benzene rings is 1. The minimum atomic E-state index is -0.318. The van der Waals surface area contributed by atoms with E-state index in [0.717, 1.165) is 5.56 Å². The number of morpholine rings is 1. The molecule has 2 aliphatic rings. The molecule has 0 radical (unpaired) electrons. The molecule has 2 fully saturated rings. The van der Waals surface area contributed by atoms with Crippen LogP contribution in [-0.4, -0.2) is 48.4 Å². The summed E-state index contributed by atoms with van der Waals surface area (Å²) in [5, 5.41) is 0. The number of rotatable bonds is 5. The first-order valence-corrected chi connectivity index (χ1v) is 7.58. The SMILES string of the molecule is CC(C)(C)OC=O.O=C1COC2C(COCc3ccccc3)N12. The molecule has 0 spiro atoms. The summed E-state index contributed by atoms with van der Waals surface area (Å²) in [6, 6.07) is 10.1. The number of carbonyl (C=O) groups excluding carboxylic acids is 2. The summed E-state index contributed by atoms with van der Waals surface area (Å²) in [7, 11) is 0. The van der Waals surface area contributed by atoms with Crippen molar-refractivity contribution < 1.29 is 23.8 Å². The largest absolute Gasteiger partial charge is 0.462 e. The van der Waals surface area contributed by atoms with E-state index in [1.807, 2.05) is 51.1 Å². The van der Waals surface area contributed by atoms with Crippen LogP contribution in [0, 0.1) is 0 Å². The van der Waals surface area contributed by atoms with Gasteiger partial charge < -0.3 is 19.1 Å². The van der Waals surface area contributed by atoms with Crippen LogP contribution in [0.1, 0.15) is 26.3 Å². The fraction of sp³-hybridized carbons (Fsp3) is 0.529. The van der Waals surface area contributed by atoms with Gasteiger partial charge in [0.25, 0.3) is 12.4 Å². The van der Waals surface area contributed by atoms with E-state index in [0.29, 0.717) is 19.7 Å². The van der Waals surface area contributed by atoms with Crippen molar-refractivity contribution in [1.29, 1.82) is 0 Å². The molecule has 2 heterocycles. The Morgan fingerprint density at radius 2 is 2.00 bits per heavy atom.